The number of amides is 1. The van der Waals surface area contributed by atoms with Crippen molar-refractivity contribution in [1.82, 2.24) is 20.4 Å². The van der Waals surface area contributed by atoms with Crippen LogP contribution in [-0.2, 0) is 17.5 Å². The minimum absolute atomic E-state index is 0.117. The number of carbonyl (C=O) groups is 1. The number of carbonyl (C=O) groups excluding carboxylic acids is 1. The van der Waals surface area contributed by atoms with Gasteiger partial charge in [0.15, 0.2) is 5.96 Å². The lowest BCUT2D eigenvalue weighted by Gasteiger charge is -2.36. The first kappa shape index (κ1) is 22.4. The SMILES string of the molecule is CN=C(NCCCC(=O)NC1CC1)N1CCN(Cc2ccc(C(F)(F)F)cc2)CC1. The Bertz CT molecular complexity index is 723. The summed E-state index contributed by atoms with van der Waals surface area (Å²) in [7, 11) is 1.75. The summed E-state index contributed by atoms with van der Waals surface area (Å²) in [6.45, 7) is 4.53. The number of hydrogen-bond acceptors (Lipinski definition) is 3. The van der Waals surface area contributed by atoms with Crippen LogP contribution in [-0.4, -0.2) is 67.5 Å². The monoisotopic (exact) mass is 425 g/mol. The van der Waals surface area contributed by atoms with Crippen molar-refractivity contribution in [3.8, 4) is 0 Å². The number of rotatable bonds is 7. The fourth-order valence-electron chi connectivity index (χ4n) is 3.48. The van der Waals surface area contributed by atoms with Crippen LogP contribution in [0.4, 0.5) is 13.2 Å². The Morgan fingerprint density at radius 2 is 1.80 bits per heavy atom. The zero-order chi connectivity index (χ0) is 21.6. The van der Waals surface area contributed by atoms with Crippen LogP contribution in [0.3, 0.4) is 0 Å². The second-order valence-electron chi connectivity index (χ2n) is 7.88. The normalized spacial score (nSPS) is 18.4. The van der Waals surface area contributed by atoms with Gasteiger partial charge >= 0.3 is 6.18 Å². The molecule has 1 aromatic carbocycles. The van der Waals surface area contributed by atoms with E-state index in [-0.39, 0.29) is 5.91 Å². The van der Waals surface area contributed by atoms with E-state index in [2.05, 4.69) is 25.4 Å². The zero-order valence-electron chi connectivity index (χ0n) is 17.3. The quantitative estimate of drug-likeness (QED) is 0.400. The molecule has 0 aromatic heterocycles. The van der Waals surface area contributed by atoms with Gasteiger partial charge < -0.3 is 15.5 Å². The number of halogens is 3. The molecule has 0 unspecified atom stereocenters. The number of alkyl halides is 3. The molecule has 0 bridgehead atoms. The number of nitrogens with zero attached hydrogens (tertiary/aromatic N) is 3. The third-order valence-corrected chi connectivity index (χ3v) is 5.38. The van der Waals surface area contributed by atoms with Crippen molar-refractivity contribution in [2.24, 2.45) is 4.99 Å². The van der Waals surface area contributed by atoms with E-state index in [1.165, 1.54) is 0 Å². The van der Waals surface area contributed by atoms with Crippen molar-refractivity contribution >= 4 is 11.9 Å². The van der Waals surface area contributed by atoms with E-state index < -0.39 is 11.7 Å². The van der Waals surface area contributed by atoms with Gasteiger partial charge in [-0.15, -0.1) is 0 Å². The summed E-state index contributed by atoms with van der Waals surface area (Å²) in [5.74, 6) is 0.943. The van der Waals surface area contributed by atoms with Gasteiger partial charge in [-0.25, -0.2) is 0 Å². The Morgan fingerprint density at radius 3 is 2.37 bits per heavy atom. The van der Waals surface area contributed by atoms with Gasteiger partial charge in [0.05, 0.1) is 5.56 Å². The molecule has 30 heavy (non-hydrogen) atoms. The minimum atomic E-state index is -4.30. The summed E-state index contributed by atoms with van der Waals surface area (Å²) in [6.07, 6.45) is -0.829. The Labute approximate surface area is 175 Å². The van der Waals surface area contributed by atoms with Gasteiger partial charge in [-0.1, -0.05) is 12.1 Å². The molecule has 2 N–H and O–H groups in total. The summed E-state index contributed by atoms with van der Waals surface area (Å²) < 4.78 is 38.0. The lowest BCUT2D eigenvalue weighted by atomic mass is 10.1. The molecular formula is C21H30F3N5O. The van der Waals surface area contributed by atoms with Crippen molar-refractivity contribution in [3.05, 3.63) is 35.4 Å². The summed E-state index contributed by atoms with van der Waals surface area (Å²) in [5, 5.41) is 6.31. The van der Waals surface area contributed by atoms with Crippen molar-refractivity contribution < 1.29 is 18.0 Å². The third kappa shape index (κ3) is 6.90. The molecule has 1 aliphatic heterocycles. The lowest BCUT2D eigenvalue weighted by molar-refractivity contribution is -0.137. The Balaban J connectivity index is 1.36. The average molecular weight is 425 g/mol. The van der Waals surface area contributed by atoms with Crippen LogP contribution in [0, 0.1) is 0 Å². The van der Waals surface area contributed by atoms with E-state index in [0.717, 1.165) is 69.1 Å². The Morgan fingerprint density at radius 1 is 1.13 bits per heavy atom. The van der Waals surface area contributed by atoms with Crippen molar-refractivity contribution in [2.45, 2.75) is 44.4 Å². The molecule has 1 aliphatic carbocycles. The number of benzene rings is 1. The number of nitrogens with one attached hydrogen (secondary N) is 2. The predicted molar refractivity (Wildman–Crippen MR) is 110 cm³/mol. The van der Waals surface area contributed by atoms with Crippen LogP contribution in [0.25, 0.3) is 0 Å². The van der Waals surface area contributed by atoms with Crippen LogP contribution in [0.5, 0.6) is 0 Å². The van der Waals surface area contributed by atoms with Crippen LogP contribution in [0.15, 0.2) is 29.3 Å². The third-order valence-electron chi connectivity index (χ3n) is 5.38. The van der Waals surface area contributed by atoms with Crippen LogP contribution in [0.2, 0.25) is 0 Å². The van der Waals surface area contributed by atoms with E-state index in [1.807, 2.05) is 0 Å². The number of aliphatic imine (C=N–C) groups is 1. The standard InChI is InChI=1S/C21H30F3N5O/c1-25-20(26-10-2-3-19(30)27-18-8-9-18)29-13-11-28(12-14-29)15-16-4-6-17(7-5-16)21(22,23)24/h4-7,18H,2-3,8-15H2,1H3,(H,25,26)(H,27,30). The Hall–Kier alpha value is -2.29. The van der Waals surface area contributed by atoms with Gasteiger partial charge in [-0.2, -0.15) is 13.2 Å². The number of hydrogen-bond donors (Lipinski definition) is 2. The fourth-order valence-corrected chi connectivity index (χ4v) is 3.48. The molecule has 6 nitrogen and oxygen atoms in total. The maximum absolute atomic E-state index is 12.7. The van der Waals surface area contributed by atoms with Crippen LogP contribution < -0.4 is 10.6 Å². The van der Waals surface area contributed by atoms with E-state index in [1.54, 1.807) is 19.2 Å². The Kier molecular flexibility index (Phi) is 7.58. The molecule has 1 aromatic rings. The molecule has 9 heteroatoms. The topological polar surface area (TPSA) is 60.0 Å². The molecule has 166 valence electrons. The highest BCUT2D eigenvalue weighted by Crippen LogP contribution is 2.29. The highest BCUT2D eigenvalue weighted by Gasteiger charge is 2.30. The van der Waals surface area contributed by atoms with Gasteiger partial charge in [0.2, 0.25) is 5.91 Å². The van der Waals surface area contributed by atoms with E-state index in [0.29, 0.717) is 25.6 Å². The minimum Gasteiger partial charge on any atom is -0.356 e. The first-order chi connectivity index (χ1) is 14.3. The van der Waals surface area contributed by atoms with Gasteiger partial charge in [0.1, 0.15) is 0 Å². The van der Waals surface area contributed by atoms with Gasteiger partial charge in [0, 0.05) is 58.8 Å². The first-order valence-corrected chi connectivity index (χ1v) is 10.5. The molecule has 2 fully saturated rings. The average Bonchev–Trinajstić information content (AvgIpc) is 3.52. The van der Waals surface area contributed by atoms with Crippen molar-refractivity contribution in [1.29, 1.82) is 0 Å². The summed E-state index contributed by atoms with van der Waals surface area (Å²) in [4.78, 5) is 20.5. The molecule has 2 aliphatic rings. The summed E-state index contributed by atoms with van der Waals surface area (Å²) >= 11 is 0. The summed E-state index contributed by atoms with van der Waals surface area (Å²) in [6, 6.07) is 5.78. The molecule has 0 atom stereocenters. The smallest absolute Gasteiger partial charge is 0.356 e. The highest BCUT2D eigenvalue weighted by atomic mass is 19.4. The predicted octanol–water partition coefficient (Wildman–Crippen LogP) is 2.46. The van der Waals surface area contributed by atoms with Gasteiger partial charge in [0.25, 0.3) is 0 Å². The van der Waals surface area contributed by atoms with Crippen molar-refractivity contribution in [2.75, 3.05) is 39.8 Å². The lowest BCUT2D eigenvalue weighted by Crippen LogP contribution is -2.52. The van der Waals surface area contributed by atoms with E-state index in [4.69, 9.17) is 0 Å². The fraction of sp³-hybridized carbons (Fsp3) is 0.619. The second kappa shape index (κ2) is 10.1. The van der Waals surface area contributed by atoms with Crippen LogP contribution >= 0.6 is 0 Å². The molecule has 1 saturated heterocycles. The van der Waals surface area contributed by atoms with Gasteiger partial charge in [-0.3, -0.25) is 14.7 Å². The maximum atomic E-state index is 12.7. The number of guanidine groups is 1. The van der Waals surface area contributed by atoms with Crippen molar-refractivity contribution in [3.63, 3.8) is 0 Å². The van der Waals surface area contributed by atoms with Crippen LogP contribution in [0.1, 0.15) is 36.8 Å². The van der Waals surface area contributed by atoms with Gasteiger partial charge in [-0.05, 0) is 37.0 Å². The molecule has 0 spiro atoms. The van der Waals surface area contributed by atoms with E-state index in [9.17, 15) is 18.0 Å². The molecule has 3 rings (SSSR count). The molecule has 0 radical (unpaired) electrons. The molecule has 1 saturated carbocycles. The molecule has 1 amide bonds. The first-order valence-electron chi connectivity index (χ1n) is 10.5. The summed E-state index contributed by atoms with van der Waals surface area (Å²) in [5.41, 5.74) is 0.263. The highest BCUT2D eigenvalue weighted by molar-refractivity contribution is 5.80. The largest absolute Gasteiger partial charge is 0.416 e. The second-order valence-corrected chi connectivity index (χ2v) is 7.88. The molecular weight excluding hydrogens is 395 g/mol. The number of piperazine rings is 1. The zero-order valence-corrected chi connectivity index (χ0v) is 17.3. The maximum Gasteiger partial charge on any atom is 0.416 e. The van der Waals surface area contributed by atoms with E-state index >= 15 is 0 Å². The molecule has 1 heterocycles.